The van der Waals surface area contributed by atoms with Crippen molar-refractivity contribution < 1.29 is 22.4 Å². The van der Waals surface area contributed by atoms with E-state index in [9.17, 15) is 22.4 Å². The molecule has 7 nitrogen and oxygen atoms in total. The maximum absolute atomic E-state index is 15.0. The molecular weight excluding hydrogens is 433 g/mol. The molecule has 0 bridgehead atoms. The minimum absolute atomic E-state index is 0.0143. The average Bonchev–Trinajstić information content (AvgIpc) is 2.74. The molecule has 0 saturated carbocycles. The van der Waals surface area contributed by atoms with Crippen molar-refractivity contribution in [3.63, 3.8) is 0 Å². The molecule has 0 fully saturated rings. The Kier molecular flexibility index (Phi) is 6.89. The number of anilines is 3. The van der Waals surface area contributed by atoms with E-state index in [0.717, 1.165) is 5.56 Å². The van der Waals surface area contributed by atoms with Crippen LogP contribution < -0.4 is 16.0 Å². The molecule has 3 N–H and O–H groups in total. The van der Waals surface area contributed by atoms with Gasteiger partial charge in [0.2, 0.25) is 21.7 Å². The summed E-state index contributed by atoms with van der Waals surface area (Å²) in [5, 5.41) is 7.88. The molecule has 3 rings (SSSR count). The maximum atomic E-state index is 15.0. The Morgan fingerprint density at radius 3 is 2.06 bits per heavy atom. The van der Waals surface area contributed by atoms with Gasteiger partial charge in [0.25, 0.3) is 0 Å². The van der Waals surface area contributed by atoms with Crippen LogP contribution in [0.1, 0.15) is 12.5 Å². The zero-order valence-corrected chi connectivity index (χ0v) is 18.3. The molecule has 0 saturated heterocycles. The van der Waals surface area contributed by atoms with Gasteiger partial charge >= 0.3 is 0 Å². The van der Waals surface area contributed by atoms with E-state index < -0.39 is 26.5 Å². The largest absolute Gasteiger partial charge is 0.374 e. The molecule has 166 valence electrons. The van der Waals surface area contributed by atoms with E-state index in [0.29, 0.717) is 11.4 Å². The van der Waals surface area contributed by atoms with Crippen molar-refractivity contribution in [1.82, 2.24) is 0 Å². The van der Waals surface area contributed by atoms with Crippen molar-refractivity contribution in [2.45, 2.75) is 23.6 Å². The molecule has 0 radical (unpaired) electrons. The minimum Gasteiger partial charge on any atom is -0.374 e. The van der Waals surface area contributed by atoms with E-state index in [1.807, 2.05) is 6.92 Å². The van der Waals surface area contributed by atoms with E-state index in [1.165, 1.54) is 37.3 Å². The van der Waals surface area contributed by atoms with E-state index in [2.05, 4.69) is 16.0 Å². The third kappa shape index (κ3) is 5.50. The van der Waals surface area contributed by atoms with Gasteiger partial charge in [-0.3, -0.25) is 9.59 Å². The number of rotatable bonds is 7. The Labute approximate surface area is 185 Å². The minimum atomic E-state index is -4.05. The van der Waals surface area contributed by atoms with Gasteiger partial charge in [0.05, 0.1) is 17.1 Å². The first-order valence-electron chi connectivity index (χ1n) is 9.68. The highest BCUT2D eigenvalue weighted by Gasteiger charge is 2.23. The Balaban J connectivity index is 1.69. The van der Waals surface area contributed by atoms with Crippen molar-refractivity contribution in [3.8, 4) is 0 Å². The summed E-state index contributed by atoms with van der Waals surface area (Å²) in [7, 11) is -4.05. The summed E-state index contributed by atoms with van der Waals surface area (Å²) in [6.45, 7) is 2.93. The van der Waals surface area contributed by atoms with Crippen molar-refractivity contribution in [1.29, 1.82) is 0 Å². The number of carbonyl (C=O) groups excluding carboxylic acids is 2. The van der Waals surface area contributed by atoms with Crippen molar-refractivity contribution in [3.05, 3.63) is 78.1 Å². The fourth-order valence-electron chi connectivity index (χ4n) is 2.92. The highest BCUT2D eigenvalue weighted by atomic mass is 32.2. The maximum Gasteiger partial charge on any atom is 0.243 e. The molecule has 2 amide bonds. The number of sulfone groups is 1. The van der Waals surface area contributed by atoms with Crippen LogP contribution in [-0.4, -0.2) is 26.8 Å². The van der Waals surface area contributed by atoms with Crippen LogP contribution in [0.3, 0.4) is 0 Å². The summed E-state index contributed by atoms with van der Waals surface area (Å²) in [4.78, 5) is 22.8. The molecule has 0 unspecified atom stereocenters. The van der Waals surface area contributed by atoms with Crippen LogP contribution in [0.5, 0.6) is 0 Å². The zero-order chi connectivity index (χ0) is 23.3. The fraction of sp³-hybridized carbons (Fsp3) is 0.130. The molecule has 0 aliphatic rings. The predicted molar refractivity (Wildman–Crippen MR) is 121 cm³/mol. The molecule has 0 aliphatic carbocycles. The number of benzene rings is 3. The smallest absolute Gasteiger partial charge is 0.243 e. The average molecular weight is 456 g/mol. The Hall–Kier alpha value is -3.72. The zero-order valence-electron chi connectivity index (χ0n) is 17.5. The topological polar surface area (TPSA) is 104 Å². The van der Waals surface area contributed by atoms with Gasteiger partial charge in [-0.1, -0.05) is 23.8 Å². The summed E-state index contributed by atoms with van der Waals surface area (Å²) in [5.41, 5.74) is 1.86. The Morgan fingerprint density at radius 2 is 1.47 bits per heavy atom. The van der Waals surface area contributed by atoms with Crippen LogP contribution in [-0.2, 0) is 19.4 Å². The van der Waals surface area contributed by atoms with Crippen LogP contribution in [0.25, 0.3) is 0 Å². The van der Waals surface area contributed by atoms with Gasteiger partial charge in [0.1, 0.15) is 4.90 Å². The summed E-state index contributed by atoms with van der Waals surface area (Å²) in [5.74, 6) is -1.62. The Morgan fingerprint density at radius 1 is 0.875 bits per heavy atom. The van der Waals surface area contributed by atoms with Crippen LogP contribution in [0, 0.1) is 12.7 Å². The summed E-state index contributed by atoms with van der Waals surface area (Å²) < 4.78 is 40.6. The summed E-state index contributed by atoms with van der Waals surface area (Å²) in [6.07, 6.45) is 0. The lowest BCUT2D eigenvalue weighted by Gasteiger charge is -2.12. The lowest BCUT2D eigenvalue weighted by atomic mass is 10.2. The SMILES string of the molecule is CC(=O)Nc1ccc(NC(=O)CNc2cccc(S(=O)(=O)c3ccc(C)cc3)c2F)cc1. The fourth-order valence-corrected chi connectivity index (χ4v) is 4.27. The van der Waals surface area contributed by atoms with E-state index in [-0.39, 0.29) is 23.0 Å². The molecule has 9 heteroatoms. The molecule has 32 heavy (non-hydrogen) atoms. The van der Waals surface area contributed by atoms with Crippen molar-refractivity contribution in [2.75, 3.05) is 22.5 Å². The van der Waals surface area contributed by atoms with Gasteiger partial charge in [-0.2, -0.15) is 0 Å². The van der Waals surface area contributed by atoms with Crippen LogP contribution in [0.2, 0.25) is 0 Å². The van der Waals surface area contributed by atoms with Crippen molar-refractivity contribution in [2.24, 2.45) is 0 Å². The Bertz CT molecular complexity index is 1240. The van der Waals surface area contributed by atoms with Crippen molar-refractivity contribution >= 4 is 38.7 Å². The van der Waals surface area contributed by atoms with Gasteiger partial charge in [-0.15, -0.1) is 0 Å². The number of hydrogen-bond donors (Lipinski definition) is 3. The number of carbonyl (C=O) groups is 2. The van der Waals surface area contributed by atoms with E-state index in [4.69, 9.17) is 0 Å². The second-order valence-corrected chi connectivity index (χ2v) is 9.01. The first kappa shape index (κ1) is 23.0. The molecule has 3 aromatic carbocycles. The molecule has 0 heterocycles. The van der Waals surface area contributed by atoms with E-state index >= 15 is 0 Å². The first-order chi connectivity index (χ1) is 15.2. The van der Waals surface area contributed by atoms with Crippen LogP contribution in [0.15, 0.2) is 76.5 Å². The number of amides is 2. The van der Waals surface area contributed by atoms with Gasteiger partial charge in [-0.05, 0) is 55.5 Å². The highest BCUT2D eigenvalue weighted by Crippen LogP contribution is 2.27. The first-order valence-corrected chi connectivity index (χ1v) is 11.2. The van der Waals surface area contributed by atoms with Crippen LogP contribution >= 0.6 is 0 Å². The summed E-state index contributed by atoms with van der Waals surface area (Å²) >= 11 is 0. The van der Waals surface area contributed by atoms with Gasteiger partial charge in [0.15, 0.2) is 5.82 Å². The molecule has 3 aromatic rings. The standard InChI is InChI=1S/C23H22FN3O4S/c1-15-6-12-19(13-7-15)32(30,31)21-5-3-4-20(23(21)24)25-14-22(29)27-18-10-8-17(9-11-18)26-16(2)28/h3-13,25H,14H2,1-2H3,(H,26,28)(H,27,29). The molecule has 0 aromatic heterocycles. The number of halogens is 1. The number of hydrogen-bond acceptors (Lipinski definition) is 5. The lowest BCUT2D eigenvalue weighted by molar-refractivity contribution is -0.115. The monoisotopic (exact) mass is 455 g/mol. The molecule has 0 spiro atoms. The van der Waals surface area contributed by atoms with Gasteiger partial charge in [-0.25, -0.2) is 12.8 Å². The second-order valence-electron chi connectivity index (χ2n) is 7.09. The quantitative estimate of drug-likeness (QED) is 0.500. The molecule has 0 atom stereocenters. The number of aryl methyl sites for hydroxylation is 1. The van der Waals surface area contributed by atoms with Gasteiger partial charge < -0.3 is 16.0 Å². The highest BCUT2D eigenvalue weighted by molar-refractivity contribution is 7.91. The normalized spacial score (nSPS) is 11.0. The lowest BCUT2D eigenvalue weighted by Crippen LogP contribution is -2.22. The van der Waals surface area contributed by atoms with Gasteiger partial charge in [0, 0.05) is 18.3 Å². The molecule has 0 aliphatic heterocycles. The molecular formula is C23H22FN3O4S. The third-order valence-electron chi connectivity index (χ3n) is 4.51. The third-order valence-corrected chi connectivity index (χ3v) is 6.30. The van der Waals surface area contributed by atoms with Crippen LogP contribution in [0.4, 0.5) is 21.5 Å². The van der Waals surface area contributed by atoms with E-state index in [1.54, 1.807) is 36.4 Å². The number of nitrogens with one attached hydrogen (secondary N) is 3. The summed E-state index contributed by atoms with van der Waals surface area (Å²) in [6, 6.07) is 16.6. The second kappa shape index (κ2) is 9.61. The predicted octanol–water partition coefficient (Wildman–Crippen LogP) is 3.98.